The zero-order chi connectivity index (χ0) is 9.30. The molecule has 1 rings (SSSR count). The lowest BCUT2D eigenvalue weighted by molar-refractivity contribution is 0.567. The molecule has 0 aliphatic rings. The van der Waals surface area contributed by atoms with E-state index in [9.17, 15) is 8.78 Å². The first-order valence-electron chi connectivity index (χ1n) is 3.05. The first-order valence-corrected chi connectivity index (χ1v) is 4.97. The molecule has 1 nitrogen and oxygen atoms in total. The minimum absolute atomic E-state index is 0.116. The van der Waals surface area contributed by atoms with Crippen LogP contribution in [0.1, 0.15) is 5.56 Å². The number of nitrogen functional groups attached to an aromatic ring is 1. The predicted molar refractivity (Wildman–Crippen MR) is 51.1 cm³/mol. The molecule has 2 N–H and O–H groups in total. The highest BCUT2D eigenvalue weighted by atomic mass is 79.9. The van der Waals surface area contributed by atoms with Crippen molar-refractivity contribution in [1.29, 1.82) is 0 Å². The lowest BCUT2D eigenvalue weighted by Gasteiger charge is -2.05. The van der Waals surface area contributed by atoms with Gasteiger partial charge in [-0.3, -0.25) is 0 Å². The van der Waals surface area contributed by atoms with Crippen LogP contribution in [0.25, 0.3) is 0 Å². The molecule has 0 atom stereocenters. The molecular formula is C7H5Br2F2N. The second-order valence-corrected chi connectivity index (χ2v) is 3.54. The van der Waals surface area contributed by atoms with Crippen molar-refractivity contribution in [2.45, 2.75) is 5.33 Å². The van der Waals surface area contributed by atoms with Crippen molar-refractivity contribution >= 4 is 37.5 Å². The van der Waals surface area contributed by atoms with Gasteiger partial charge >= 0.3 is 0 Å². The summed E-state index contributed by atoms with van der Waals surface area (Å²) in [7, 11) is 0. The van der Waals surface area contributed by atoms with Gasteiger partial charge in [-0.2, -0.15) is 0 Å². The van der Waals surface area contributed by atoms with Crippen LogP contribution >= 0.6 is 31.9 Å². The van der Waals surface area contributed by atoms with Crippen molar-refractivity contribution in [3.05, 3.63) is 27.7 Å². The Morgan fingerprint density at radius 3 is 2.50 bits per heavy atom. The third kappa shape index (κ3) is 1.61. The fraction of sp³-hybridized carbons (Fsp3) is 0.143. The number of nitrogens with two attached hydrogens (primary N) is 1. The molecule has 0 amide bonds. The molecule has 0 unspecified atom stereocenters. The van der Waals surface area contributed by atoms with E-state index in [-0.39, 0.29) is 21.1 Å². The van der Waals surface area contributed by atoms with Gasteiger partial charge in [-0.25, -0.2) is 8.78 Å². The molecule has 5 heteroatoms. The first-order chi connectivity index (χ1) is 5.57. The van der Waals surface area contributed by atoms with Gasteiger partial charge in [-0.15, -0.1) is 0 Å². The van der Waals surface area contributed by atoms with E-state index in [4.69, 9.17) is 5.73 Å². The molecule has 12 heavy (non-hydrogen) atoms. The van der Waals surface area contributed by atoms with Crippen molar-refractivity contribution in [3.63, 3.8) is 0 Å². The Kier molecular flexibility index (Phi) is 3.06. The van der Waals surface area contributed by atoms with E-state index in [0.717, 1.165) is 6.07 Å². The standard InChI is InChI=1S/C7H5Br2F2N/c8-2-3-5(12)1-4(10)6(9)7(3)11/h1H,2,12H2. The number of rotatable bonds is 1. The Labute approximate surface area is 85.2 Å². The largest absolute Gasteiger partial charge is 0.398 e. The van der Waals surface area contributed by atoms with Crippen LogP contribution in [0.3, 0.4) is 0 Å². The molecule has 0 heterocycles. The second kappa shape index (κ2) is 3.70. The van der Waals surface area contributed by atoms with Crippen molar-refractivity contribution < 1.29 is 8.78 Å². The Balaban J connectivity index is 3.40. The highest BCUT2D eigenvalue weighted by Crippen LogP contribution is 2.28. The van der Waals surface area contributed by atoms with E-state index >= 15 is 0 Å². The highest BCUT2D eigenvalue weighted by Gasteiger charge is 2.13. The van der Waals surface area contributed by atoms with Gasteiger partial charge in [-0.05, 0) is 22.0 Å². The number of anilines is 1. The molecule has 0 aliphatic carbocycles. The lowest BCUT2D eigenvalue weighted by Crippen LogP contribution is -1.98. The van der Waals surface area contributed by atoms with Gasteiger partial charge in [0.25, 0.3) is 0 Å². The van der Waals surface area contributed by atoms with Crippen LogP contribution in [0.4, 0.5) is 14.5 Å². The zero-order valence-electron chi connectivity index (χ0n) is 5.87. The van der Waals surface area contributed by atoms with Gasteiger partial charge in [0.05, 0.1) is 4.47 Å². The van der Waals surface area contributed by atoms with Gasteiger partial charge in [0, 0.05) is 16.6 Å². The zero-order valence-corrected chi connectivity index (χ0v) is 9.05. The Morgan fingerprint density at radius 1 is 1.42 bits per heavy atom. The number of alkyl halides is 1. The van der Waals surface area contributed by atoms with E-state index in [2.05, 4.69) is 31.9 Å². The molecule has 0 radical (unpaired) electrons. The third-order valence-electron chi connectivity index (χ3n) is 1.43. The molecule has 0 aromatic heterocycles. The van der Waals surface area contributed by atoms with Crippen LogP contribution in [0, 0.1) is 11.6 Å². The second-order valence-electron chi connectivity index (χ2n) is 2.19. The smallest absolute Gasteiger partial charge is 0.146 e. The van der Waals surface area contributed by atoms with Crippen LogP contribution < -0.4 is 5.73 Å². The maximum Gasteiger partial charge on any atom is 0.146 e. The summed E-state index contributed by atoms with van der Waals surface area (Å²) in [5.74, 6) is -1.33. The van der Waals surface area contributed by atoms with Crippen molar-refractivity contribution in [3.8, 4) is 0 Å². The average Bonchev–Trinajstić information content (AvgIpc) is 2.01. The summed E-state index contributed by atoms with van der Waals surface area (Å²) in [6, 6.07) is 1.09. The van der Waals surface area contributed by atoms with Crippen LogP contribution in [-0.4, -0.2) is 0 Å². The lowest BCUT2D eigenvalue weighted by atomic mass is 10.2. The Hall–Kier alpha value is -0.160. The molecule has 0 spiro atoms. The molecule has 0 saturated carbocycles. The Morgan fingerprint density at radius 2 is 2.00 bits per heavy atom. The van der Waals surface area contributed by atoms with Crippen LogP contribution in [-0.2, 0) is 5.33 Å². The quantitative estimate of drug-likeness (QED) is 0.481. The molecule has 1 aromatic rings. The Bertz CT molecular complexity index is 315. The number of hydrogen-bond acceptors (Lipinski definition) is 1. The SMILES string of the molecule is Nc1cc(F)c(Br)c(F)c1CBr. The molecule has 0 aliphatic heterocycles. The molecule has 0 fully saturated rings. The van der Waals surface area contributed by atoms with Crippen molar-refractivity contribution in [1.82, 2.24) is 0 Å². The fourth-order valence-electron chi connectivity index (χ4n) is 0.787. The molecule has 1 aromatic carbocycles. The van der Waals surface area contributed by atoms with Crippen molar-refractivity contribution in [2.75, 3.05) is 5.73 Å². The average molecular weight is 301 g/mol. The first kappa shape index (κ1) is 9.92. The maximum absolute atomic E-state index is 13.1. The summed E-state index contributed by atoms with van der Waals surface area (Å²) in [5.41, 5.74) is 5.75. The fourth-order valence-corrected chi connectivity index (χ4v) is 1.71. The number of hydrogen-bond donors (Lipinski definition) is 1. The number of benzene rings is 1. The monoisotopic (exact) mass is 299 g/mol. The summed E-state index contributed by atoms with van der Waals surface area (Å²) < 4.78 is 25.7. The van der Waals surface area contributed by atoms with Crippen LogP contribution in [0.2, 0.25) is 0 Å². The molecule has 0 bridgehead atoms. The van der Waals surface area contributed by atoms with Crippen LogP contribution in [0.5, 0.6) is 0 Å². The van der Waals surface area contributed by atoms with Gasteiger partial charge in [0.15, 0.2) is 0 Å². The van der Waals surface area contributed by atoms with Gasteiger partial charge in [0.2, 0.25) is 0 Å². The van der Waals surface area contributed by atoms with Gasteiger partial charge < -0.3 is 5.73 Å². The third-order valence-corrected chi connectivity index (χ3v) is 2.72. The maximum atomic E-state index is 13.1. The summed E-state index contributed by atoms with van der Waals surface area (Å²) >= 11 is 5.83. The van der Waals surface area contributed by atoms with E-state index in [0.29, 0.717) is 0 Å². The van der Waals surface area contributed by atoms with Gasteiger partial charge in [-0.1, -0.05) is 15.9 Å². The number of halogens is 4. The predicted octanol–water partition coefficient (Wildman–Crippen LogP) is 3.20. The summed E-state index contributed by atoms with van der Waals surface area (Å²) in [6.07, 6.45) is 0. The van der Waals surface area contributed by atoms with Gasteiger partial charge in [0.1, 0.15) is 11.6 Å². The van der Waals surface area contributed by atoms with E-state index in [1.165, 1.54) is 0 Å². The topological polar surface area (TPSA) is 26.0 Å². The van der Waals surface area contributed by atoms with Crippen molar-refractivity contribution in [2.24, 2.45) is 0 Å². The van der Waals surface area contributed by atoms with E-state index in [1.54, 1.807) is 0 Å². The normalized spacial score (nSPS) is 10.3. The molecular weight excluding hydrogens is 296 g/mol. The van der Waals surface area contributed by atoms with E-state index in [1.807, 2.05) is 0 Å². The molecule has 0 saturated heterocycles. The molecule has 66 valence electrons. The summed E-state index contributed by atoms with van der Waals surface area (Å²) in [6.45, 7) is 0. The summed E-state index contributed by atoms with van der Waals surface area (Å²) in [5, 5.41) is 0.267. The van der Waals surface area contributed by atoms with E-state index < -0.39 is 11.6 Å². The highest BCUT2D eigenvalue weighted by molar-refractivity contribution is 9.10. The summed E-state index contributed by atoms with van der Waals surface area (Å²) in [4.78, 5) is 0. The minimum atomic E-state index is -0.685. The van der Waals surface area contributed by atoms with Crippen LogP contribution in [0.15, 0.2) is 10.5 Å². The minimum Gasteiger partial charge on any atom is -0.398 e.